The van der Waals surface area contributed by atoms with Crippen molar-refractivity contribution in [2.75, 3.05) is 5.73 Å². The van der Waals surface area contributed by atoms with Crippen molar-refractivity contribution < 1.29 is 13.2 Å². The van der Waals surface area contributed by atoms with E-state index in [9.17, 15) is 13.2 Å². The van der Waals surface area contributed by atoms with Crippen LogP contribution in [0.5, 0.6) is 0 Å². The van der Waals surface area contributed by atoms with Crippen molar-refractivity contribution in [3.8, 4) is 11.1 Å². The third-order valence-electron chi connectivity index (χ3n) is 3.28. The number of nitrogens with zero attached hydrogens (tertiary/aromatic N) is 3. The Morgan fingerprint density at radius 3 is 2.64 bits per heavy atom. The highest BCUT2D eigenvalue weighted by Crippen LogP contribution is 2.35. The van der Waals surface area contributed by atoms with Gasteiger partial charge in [0, 0.05) is 23.5 Å². The lowest BCUT2D eigenvalue weighted by atomic mass is 10.1. The number of halogens is 4. The summed E-state index contributed by atoms with van der Waals surface area (Å²) in [6.07, 6.45) is -1.64. The molecule has 0 aromatic carbocycles. The van der Waals surface area contributed by atoms with E-state index in [1.807, 2.05) is 0 Å². The van der Waals surface area contributed by atoms with Crippen LogP contribution in [0.15, 0.2) is 30.6 Å². The molecular weight excluding hydrogens is 317 g/mol. The van der Waals surface area contributed by atoms with Crippen molar-refractivity contribution in [3.05, 3.63) is 47.0 Å². The van der Waals surface area contributed by atoms with Crippen LogP contribution in [0.3, 0.4) is 0 Å². The summed E-state index contributed by atoms with van der Waals surface area (Å²) in [6, 6.07) is 4.31. The highest BCUT2D eigenvalue weighted by atomic mass is 35.5. The number of rotatable bonds is 1. The highest BCUT2D eigenvalue weighted by Gasteiger charge is 2.34. The summed E-state index contributed by atoms with van der Waals surface area (Å²) in [5.74, 6) is -0.547. The molecule has 0 bridgehead atoms. The first kappa shape index (κ1) is 14.6. The Morgan fingerprint density at radius 2 is 1.95 bits per heavy atom. The Hall–Kier alpha value is -2.28. The molecule has 0 saturated heterocycles. The topological polar surface area (TPSA) is 56.2 Å². The average Bonchev–Trinajstić information content (AvgIpc) is 2.73. The van der Waals surface area contributed by atoms with E-state index in [0.717, 1.165) is 6.07 Å². The molecule has 22 heavy (non-hydrogen) atoms. The van der Waals surface area contributed by atoms with Crippen LogP contribution in [-0.4, -0.2) is 14.4 Å². The van der Waals surface area contributed by atoms with Crippen LogP contribution >= 0.6 is 11.6 Å². The van der Waals surface area contributed by atoms with Crippen molar-refractivity contribution in [1.82, 2.24) is 14.4 Å². The van der Waals surface area contributed by atoms with Gasteiger partial charge in [0.1, 0.15) is 16.6 Å². The van der Waals surface area contributed by atoms with Gasteiger partial charge < -0.3 is 5.73 Å². The molecule has 0 amide bonds. The van der Waals surface area contributed by atoms with E-state index in [4.69, 9.17) is 17.3 Å². The van der Waals surface area contributed by atoms with Crippen LogP contribution in [0.2, 0.25) is 5.15 Å². The van der Waals surface area contributed by atoms with Gasteiger partial charge in [0.2, 0.25) is 0 Å². The number of anilines is 1. The first-order chi connectivity index (χ1) is 10.3. The number of nitrogens with two attached hydrogens (primary N) is 1. The second kappa shape index (κ2) is 4.88. The van der Waals surface area contributed by atoms with Gasteiger partial charge in [-0.25, -0.2) is 9.97 Å². The molecule has 0 spiro atoms. The molecule has 0 radical (unpaired) electrons. The first-order valence-electron chi connectivity index (χ1n) is 6.24. The van der Waals surface area contributed by atoms with Crippen LogP contribution in [0.1, 0.15) is 11.3 Å². The Labute approximate surface area is 128 Å². The van der Waals surface area contributed by atoms with Gasteiger partial charge in [0.05, 0.1) is 11.3 Å². The number of alkyl halides is 3. The molecule has 0 atom stereocenters. The van der Waals surface area contributed by atoms with E-state index in [1.165, 1.54) is 6.20 Å². The lowest BCUT2D eigenvalue weighted by Gasteiger charge is -2.11. The number of pyridine rings is 2. The van der Waals surface area contributed by atoms with Gasteiger partial charge in [-0.05, 0) is 25.1 Å². The number of fused-ring (bicyclic) bond motifs is 1. The molecule has 0 aliphatic carbocycles. The predicted molar refractivity (Wildman–Crippen MR) is 77.6 cm³/mol. The largest absolute Gasteiger partial charge is 0.419 e. The average molecular weight is 327 g/mol. The van der Waals surface area contributed by atoms with Crippen LogP contribution in [0.4, 0.5) is 19.0 Å². The highest BCUT2D eigenvalue weighted by molar-refractivity contribution is 6.30. The Bertz CT molecular complexity index is 870. The van der Waals surface area contributed by atoms with Crippen molar-refractivity contribution in [2.24, 2.45) is 0 Å². The zero-order valence-corrected chi connectivity index (χ0v) is 12.1. The van der Waals surface area contributed by atoms with Crippen molar-refractivity contribution in [2.45, 2.75) is 13.1 Å². The molecule has 8 heteroatoms. The van der Waals surface area contributed by atoms with E-state index in [1.54, 1.807) is 29.7 Å². The Kier molecular flexibility index (Phi) is 3.25. The molecular formula is C14H10ClF3N4. The lowest BCUT2D eigenvalue weighted by molar-refractivity contribution is -0.137. The normalized spacial score (nSPS) is 12.0. The molecule has 0 fully saturated rings. The second-order valence-corrected chi connectivity index (χ2v) is 5.15. The number of imidazole rings is 1. The number of nitrogen functional groups attached to an aromatic ring is 1. The molecule has 3 aromatic heterocycles. The monoisotopic (exact) mass is 326 g/mol. The molecule has 114 valence electrons. The third-order valence-corrected chi connectivity index (χ3v) is 3.73. The summed E-state index contributed by atoms with van der Waals surface area (Å²) in [5.41, 5.74) is 6.43. The Morgan fingerprint density at radius 1 is 1.23 bits per heavy atom. The minimum atomic E-state index is -4.56. The molecule has 0 unspecified atom stereocenters. The first-order valence-corrected chi connectivity index (χ1v) is 6.62. The molecule has 4 nitrogen and oxygen atoms in total. The number of hydrogen-bond donors (Lipinski definition) is 1. The third kappa shape index (κ3) is 2.37. The van der Waals surface area contributed by atoms with Crippen LogP contribution < -0.4 is 5.73 Å². The van der Waals surface area contributed by atoms with Crippen molar-refractivity contribution in [3.63, 3.8) is 0 Å². The standard InChI is InChI=1S/C14H10ClF3N4/c1-7-12(15)22-6-8(2-3-11(22)21-7)9-4-10(14(16,17)18)13(19)20-5-9/h2-6H,1H3,(H2,19,20). The van der Waals surface area contributed by atoms with Gasteiger partial charge >= 0.3 is 6.18 Å². The predicted octanol–water partition coefficient (Wildman–Crippen LogP) is 3.96. The zero-order chi connectivity index (χ0) is 16.1. The fourth-order valence-electron chi connectivity index (χ4n) is 2.16. The fraction of sp³-hybridized carbons (Fsp3) is 0.143. The molecule has 0 saturated carbocycles. The van der Waals surface area contributed by atoms with Crippen LogP contribution in [0.25, 0.3) is 16.8 Å². The fourth-order valence-corrected chi connectivity index (χ4v) is 2.34. The van der Waals surface area contributed by atoms with Gasteiger partial charge in [-0.3, -0.25) is 4.40 Å². The number of aromatic nitrogens is 3. The number of aryl methyl sites for hydroxylation is 1. The van der Waals surface area contributed by atoms with Gasteiger partial charge in [-0.1, -0.05) is 11.6 Å². The van der Waals surface area contributed by atoms with Gasteiger partial charge in [-0.2, -0.15) is 13.2 Å². The molecule has 2 N–H and O–H groups in total. The van der Waals surface area contributed by atoms with E-state index < -0.39 is 17.6 Å². The number of hydrogen-bond acceptors (Lipinski definition) is 3. The van der Waals surface area contributed by atoms with Crippen molar-refractivity contribution in [1.29, 1.82) is 0 Å². The quantitative estimate of drug-likeness (QED) is 0.736. The summed E-state index contributed by atoms with van der Waals surface area (Å²) < 4.78 is 40.3. The summed E-state index contributed by atoms with van der Waals surface area (Å²) in [7, 11) is 0. The van der Waals surface area contributed by atoms with Crippen LogP contribution in [-0.2, 0) is 6.18 Å². The lowest BCUT2D eigenvalue weighted by Crippen LogP contribution is -2.10. The second-order valence-electron chi connectivity index (χ2n) is 4.79. The van der Waals surface area contributed by atoms with Gasteiger partial charge in [0.25, 0.3) is 0 Å². The van der Waals surface area contributed by atoms with E-state index in [-0.39, 0.29) is 0 Å². The molecule has 0 aliphatic heterocycles. The smallest absolute Gasteiger partial charge is 0.383 e. The molecule has 3 rings (SSSR count). The summed E-state index contributed by atoms with van der Waals surface area (Å²) >= 11 is 6.11. The van der Waals surface area contributed by atoms with E-state index in [2.05, 4.69) is 9.97 Å². The van der Waals surface area contributed by atoms with Crippen molar-refractivity contribution >= 4 is 23.1 Å². The maximum Gasteiger partial charge on any atom is 0.419 e. The van der Waals surface area contributed by atoms with Gasteiger partial charge in [0.15, 0.2) is 0 Å². The maximum absolute atomic E-state index is 12.9. The zero-order valence-electron chi connectivity index (χ0n) is 11.3. The molecule has 3 aromatic rings. The summed E-state index contributed by atoms with van der Waals surface area (Å²) in [4.78, 5) is 7.86. The van der Waals surface area contributed by atoms with Crippen LogP contribution in [0, 0.1) is 6.92 Å². The SMILES string of the molecule is Cc1nc2ccc(-c3cnc(N)c(C(F)(F)F)c3)cn2c1Cl. The van der Waals surface area contributed by atoms with E-state index >= 15 is 0 Å². The maximum atomic E-state index is 12.9. The molecule has 0 aliphatic rings. The van der Waals surface area contributed by atoms with Gasteiger partial charge in [-0.15, -0.1) is 0 Å². The van der Waals surface area contributed by atoms with E-state index in [0.29, 0.717) is 27.6 Å². The Balaban J connectivity index is 2.17. The summed E-state index contributed by atoms with van der Waals surface area (Å²) in [6.45, 7) is 1.75. The minimum Gasteiger partial charge on any atom is -0.383 e. The minimum absolute atomic E-state index is 0.297. The summed E-state index contributed by atoms with van der Waals surface area (Å²) in [5, 5.41) is 0.413. The molecule has 3 heterocycles.